The Morgan fingerprint density at radius 1 is 1.05 bits per heavy atom. The number of sulfone groups is 1. The van der Waals surface area contributed by atoms with Crippen LogP contribution in [0.3, 0.4) is 0 Å². The number of aliphatic hydroxyl groups excluding tert-OH is 1. The second-order valence-corrected chi connectivity index (χ2v) is 7.12. The summed E-state index contributed by atoms with van der Waals surface area (Å²) in [5.41, 5.74) is -0.888. The average molecular weight is 308 g/mol. The van der Waals surface area contributed by atoms with E-state index in [1.54, 1.807) is 0 Å². The smallest absolute Gasteiger partial charge is 0.392 e. The highest BCUT2D eigenvalue weighted by molar-refractivity contribution is 7.92. The lowest BCUT2D eigenvalue weighted by atomic mass is 9.97. The van der Waals surface area contributed by atoms with Crippen molar-refractivity contribution in [3.05, 3.63) is 29.8 Å². The quantitative estimate of drug-likeness (QED) is 0.914. The van der Waals surface area contributed by atoms with E-state index in [1.165, 1.54) is 0 Å². The highest BCUT2D eigenvalue weighted by Crippen LogP contribution is 2.32. The first-order valence-corrected chi connectivity index (χ1v) is 7.87. The Labute approximate surface area is 115 Å². The number of alkyl halides is 3. The molecule has 2 atom stereocenters. The van der Waals surface area contributed by atoms with Crippen LogP contribution in [0.15, 0.2) is 29.2 Å². The van der Waals surface area contributed by atoms with E-state index in [-0.39, 0.29) is 4.90 Å². The summed E-state index contributed by atoms with van der Waals surface area (Å²) in [6.45, 7) is 0. The molecule has 1 aliphatic rings. The fourth-order valence-corrected chi connectivity index (χ4v) is 4.34. The standard InChI is InChI=1S/C13H15F3O3S/c14-13(15,16)9-5-7-10(8-6-9)20(18,19)12-4-2-1-3-11(12)17/h5-8,11-12,17H,1-4H2. The van der Waals surface area contributed by atoms with Gasteiger partial charge in [-0.15, -0.1) is 0 Å². The Hall–Kier alpha value is -1.08. The zero-order valence-corrected chi connectivity index (χ0v) is 11.4. The lowest BCUT2D eigenvalue weighted by Gasteiger charge is -2.27. The summed E-state index contributed by atoms with van der Waals surface area (Å²) in [5.74, 6) is 0. The van der Waals surface area contributed by atoms with E-state index >= 15 is 0 Å². The molecule has 1 aromatic rings. The molecule has 0 spiro atoms. The fraction of sp³-hybridized carbons (Fsp3) is 0.538. The van der Waals surface area contributed by atoms with Crippen LogP contribution in [0, 0.1) is 0 Å². The SMILES string of the molecule is O=S(=O)(c1ccc(C(F)(F)F)cc1)C1CCCCC1O. The third kappa shape index (κ3) is 2.98. The molecule has 0 saturated heterocycles. The average Bonchev–Trinajstić information content (AvgIpc) is 2.38. The Balaban J connectivity index is 2.30. The predicted molar refractivity (Wildman–Crippen MR) is 66.9 cm³/mol. The minimum absolute atomic E-state index is 0.170. The Morgan fingerprint density at radius 2 is 1.60 bits per heavy atom. The van der Waals surface area contributed by atoms with Crippen molar-refractivity contribution in [2.45, 2.75) is 48.1 Å². The first kappa shape index (κ1) is 15.3. The molecule has 20 heavy (non-hydrogen) atoms. The minimum Gasteiger partial charge on any atom is -0.392 e. The Morgan fingerprint density at radius 3 is 2.10 bits per heavy atom. The van der Waals surface area contributed by atoms with Gasteiger partial charge in [0.2, 0.25) is 0 Å². The molecule has 112 valence electrons. The molecule has 0 radical (unpaired) electrons. The summed E-state index contributed by atoms with van der Waals surface area (Å²) in [6.07, 6.45) is -3.24. The van der Waals surface area contributed by atoms with Gasteiger partial charge in [0.25, 0.3) is 0 Å². The van der Waals surface area contributed by atoms with Crippen LogP contribution in [0.4, 0.5) is 13.2 Å². The largest absolute Gasteiger partial charge is 0.416 e. The molecule has 0 amide bonds. The molecule has 0 aromatic heterocycles. The first-order valence-electron chi connectivity index (χ1n) is 6.32. The first-order chi connectivity index (χ1) is 9.23. The van der Waals surface area contributed by atoms with Gasteiger partial charge in [-0.2, -0.15) is 13.2 Å². The van der Waals surface area contributed by atoms with Gasteiger partial charge in [-0.1, -0.05) is 12.8 Å². The molecule has 1 aliphatic carbocycles. The fourth-order valence-electron chi connectivity index (χ4n) is 2.45. The molecule has 2 unspecified atom stereocenters. The Bertz CT molecular complexity index is 564. The van der Waals surface area contributed by atoms with E-state index in [4.69, 9.17) is 0 Å². The molecule has 1 N–H and O–H groups in total. The highest BCUT2D eigenvalue weighted by Gasteiger charge is 2.36. The van der Waals surface area contributed by atoms with Gasteiger partial charge in [0.15, 0.2) is 9.84 Å². The van der Waals surface area contributed by atoms with Crippen molar-refractivity contribution >= 4 is 9.84 Å². The summed E-state index contributed by atoms with van der Waals surface area (Å²) in [4.78, 5) is -0.170. The van der Waals surface area contributed by atoms with Crippen molar-refractivity contribution in [3.8, 4) is 0 Å². The lowest BCUT2D eigenvalue weighted by Crippen LogP contribution is -2.36. The van der Waals surface area contributed by atoms with E-state index in [0.717, 1.165) is 30.7 Å². The van der Waals surface area contributed by atoms with Crippen LogP contribution in [0.5, 0.6) is 0 Å². The molecular formula is C13H15F3O3S. The molecule has 7 heteroatoms. The third-order valence-corrected chi connectivity index (χ3v) is 5.85. The Kier molecular flexibility index (Phi) is 4.11. The van der Waals surface area contributed by atoms with Crippen molar-refractivity contribution in [2.24, 2.45) is 0 Å². The predicted octanol–water partition coefficient (Wildman–Crippen LogP) is 2.78. The van der Waals surface area contributed by atoms with Crippen molar-refractivity contribution in [1.29, 1.82) is 0 Å². The van der Waals surface area contributed by atoms with Crippen molar-refractivity contribution in [1.82, 2.24) is 0 Å². The van der Waals surface area contributed by atoms with Gasteiger partial charge in [-0.3, -0.25) is 0 Å². The van der Waals surface area contributed by atoms with E-state index in [0.29, 0.717) is 19.3 Å². The van der Waals surface area contributed by atoms with Crippen LogP contribution in [0.25, 0.3) is 0 Å². The summed E-state index contributed by atoms with van der Waals surface area (Å²) in [5, 5.41) is 8.87. The maximum atomic E-state index is 12.4. The third-order valence-electron chi connectivity index (χ3n) is 3.58. The van der Waals surface area contributed by atoms with Crippen LogP contribution in [0.2, 0.25) is 0 Å². The molecule has 3 nitrogen and oxygen atoms in total. The number of hydrogen-bond donors (Lipinski definition) is 1. The van der Waals surface area contributed by atoms with Crippen molar-refractivity contribution in [3.63, 3.8) is 0 Å². The minimum atomic E-state index is -4.49. The summed E-state index contributed by atoms with van der Waals surface area (Å²) in [7, 11) is -3.79. The molecule has 1 fully saturated rings. The lowest BCUT2D eigenvalue weighted by molar-refractivity contribution is -0.137. The van der Waals surface area contributed by atoms with Crippen LogP contribution in [-0.2, 0) is 16.0 Å². The number of halogens is 3. The molecule has 0 heterocycles. The van der Waals surface area contributed by atoms with Gasteiger partial charge in [-0.25, -0.2) is 8.42 Å². The second kappa shape index (κ2) is 5.37. The summed E-state index contributed by atoms with van der Waals surface area (Å²) >= 11 is 0. The van der Waals surface area contributed by atoms with Crippen LogP contribution < -0.4 is 0 Å². The van der Waals surface area contributed by atoms with E-state index in [9.17, 15) is 26.7 Å². The normalized spacial score (nSPS) is 24.6. The van der Waals surface area contributed by atoms with Crippen LogP contribution >= 0.6 is 0 Å². The molecule has 1 saturated carbocycles. The topological polar surface area (TPSA) is 54.4 Å². The second-order valence-electron chi connectivity index (χ2n) is 4.96. The van der Waals surface area contributed by atoms with E-state index in [2.05, 4.69) is 0 Å². The van der Waals surface area contributed by atoms with Gasteiger partial charge in [0.1, 0.15) is 0 Å². The zero-order chi connectivity index (χ0) is 15.0. The molecule has 0 bridgehead atoms. The number of rotatable bonds is 2. The zero-order valence-electron chi connectivity index (χ0n) is 10.6. The number of benzene rings is 1. The summed E-state index contributed by atoms with van der Waals surface area (Å²) in [6, 6.07) is 3.42. The maximum Gasteiger partial charge on any atom is 0.416 e. The van der Waals surface area contributed by atoms with Crippen LogP contribution in [0.1, 0.15) is 31.2 Å². The van der Waals surface area contributed by atoms with Crippen molar-refractivity contribution < 1.29 is 26.7 Å². The molecule has 1 aromatic carbocycles. The van der Waals surface area contributed by atoms with Gasteiger partial charge in [-0.05, 0) is 37.1 Å². The van der Waals surface area contributed by atoms with Gasteiger partial charge in [0.05, 0.1) is 21.8 Å². The molecular weight excluding hydrogens is 293 g/mol. The van der Waals surface area contributed by atoms with Gasteiger partial charge >= 0.3 is 6.18 Å². The van der Waals surface area contributed by atoms with E-state index < -0.39 is 32.9 Å². The van der Waals surface area contributed by atoms with Gasteiger partial charge in [0, 0.05) is 0 Å². The number of hydrogen-bond acceptors (Lipinski definition) is 3. The maximum absolute atomic E-state index is 12.4. The molecule has 0 aliphatic heterocycles. The van der Waals surface area contributed by atoms with Crippen molar-refractivity contribution in [2.75, 3.05) is 0 Å². The summed E-state index contributed by atoms with van der Waals surface area (Å²) < 4.78 is 62.0. The van der Waals surface area contributed by atoms with E-state index in [1.807, 2.05) is 0 Å². The highest BCUT2D eigenvalue weighted by atomic mass is 32.2. The monoisotopic (exact) mass is 308 g/mol. The van der Waals surface area contributed by atoms with Crippen LogP contribution in [-0.4, -0.2) is 24.9 Å². The number of aliphatic hydroxyl groups is 1. The molecule has 2 rings (SSSR count). The van der Waals surface area contributed by atoms with Gasteiger partial charge < -0.3 is 5.11 Å².